The molecule has 0 unspecified atom stereocenters. The molecule has 10 aromatic carbocycles. The molecule has 0 radical (unpaired) electrons. The van der Waals surface area contributed by atoms with Gasteiger partial charge < -0.3 is 9.13 Å². The number of hydrogen-bond acceptors (Lipinski definition) is 2. The summed E-state index contributed by atoms with van der Waals surface area (Å²) < 4.78 is 49.4. The van der Waals surface area contributed by atoms with Crippen LogP contribution in [0.5, 0.6) is 0 Å². The van der Waals surface area contributed by atoms with E-state index in [1.165, 1.54) is 6.07 Å². The number of alkyl halides is 3. The zero-order valence-corrected chi connectivity index (χ0v) is 44.7. The van der Waals surface area contributed by atoms with Crippen molar-refractivity contribution in [3.63, 3.8) is 0 Å². The van der Waals surface area contributed by atoms with Crippen LogP contribution >= 0.6 is 0 Å². The number of nitrogens with zero attached hydrogens (tertiary/aromatic N) is 4. The smallest absolute Gasteiger partial charge is 0.308 e. The van der Waals surface area contributed by atoms with Crippen molar-refractivity contribution in [3.05, 3.63) is 237 Å². The van der Waals surface area contributed by atoms with Gasteiger partial charge in [0.25, 0.3) is 0 Å². The normalized spacial score (nSPS) is 11.8. The quantitative estimate of drug-likeness (QED) is 0.160. The van der Waals surface area contributed by atoms with Crippen molar-refractivity contribution in [2.45, 2.75) is 61.6 Å². The molecule has 7 heteroatoms. The van der Waals surface area contributed by atoms with Crippen LogP contribution in [0.15, 0.2) is 176 Å². The van der Waals surface area contributed by atoms with Crippen LogP contribution in [0, 0.1) is 78.1 Å². The fourth-order valence-electron chi connectivity index (χ4n) is 12.1. The molecule has 0 atom stereocenters. The summed E-state index contributed by atoms with van der Waals surface area (Å²) >= 11 is 0. The summed E-state index contributed by atoms with van der Waals surface area (Å²) in [5.41, 5.74) is 21.0. The second kappa shape index (κ2) is 18.7. The number of benzene rings is 10. The molecule has 4 nitrogen and oxygen atoms in total. The second-order valence-corrected chi connectivity index (χ2v) is 21.2. The third-order valence-electron chi connectivity index (χ3n) is 15.7. The van der Waals surface area contributed by atoms with Crippen LogP contribution in [0.25, 0.3) is 111 Å². The molecule has 0 fully saturated rings. The summed E-state index contributed by atoms with van der Waals surface area (Å²) in [7, 11) is 0. The standard InChI is InChI=1S/C71H53F3N4/c1-40-9-17-55(44(5)27-40)49-13-21-60-61-22-14-50(56-18-10-41(2)28-45(56)6)35-67(61)77(66(60)34-49)65-26-25-59(53-31-48(38-75)32-54(33-53)71(72,73)74)70(64(65)39-76)78-68-36-51(57-19-11-42(3)29-46(57)7)15-23-62(68)63-24-16-52(37-69(63)78)58-20-12-43(4)30-47(58)8/h9-37H,1-8H3. The van der Waals surface area contributed by atoms with E-state index in [4.69, 9.17) is 0 Å². The third kappa shape index (κ3) is 8.31. The summed E-state index contributed by atoms with van der Waals surface area (Å²) in [6, 6.07) is 63.3. The highest BCUT2D eigenvalue weighted by molar-refractivity contribution is 6.14. The molecule has 2 aromatic heterocycles. The van der Waals surface area contributed by atoms with Crippen LogP contribution in [0.2, 0.25) is 0 Å². The molecule has 0 N–H and O–H groups in total. The van der Waals surface area contributed by atoms with E-state index in [9.17, 15) is 10.5 Å². The largest absolute Gasteiger partial charge is 0.416 e. The zero-order chi connectivity index (χ0) is 54.5. The number of rotatable bonds is 7. The Morgan fingerprint density at radius 1 is 0.346 bits per heavy atom. The first kappa shape index (κ1) is 49.4. The van der Waals surface area contributed by atoms with E-state index < -0.39 is 11.7 Å². The summed E-state index contributed by atoms with van der Waals surface area (Å²) in [6.07, 6.45) is -4.77. The molecular weight excluding hydrogens is 966 g/mol. The molecule has 0 saturated carbocycles. The lowest BCUT2D eigenvalue weighted by atomic mass is 9.94. The average Bonchev–Trinajstić information content (AvgIpc) is 4.07. The van der Waals surface area contributed by atoms with Crippen molar-refractivity contribution in [2.75, 3.05) is 0 Å². The van der Waals surface area contributed by atoms with E-state index in [2.05, 4.69) is 216 Å². The van der Waals surface area contributed by atoms with E-state index in [1.54, 1.807) is 0 Å². The van der Waals surface area contributed by atoms with Gasteiger partial charge in [0.05, 0.1) is 50.6 Å². The maximum atomic E-state index is 15.0. The molecule has 78 heavy (non-hydrogen) atoms. The van der Waals surface area contributed by atoms with Crippen LogP contribution in [0.3, 0.4) is 0 Å². The van der Waals surface area contributed by atoms with E-state index in [0.29, 0.717) is 16.9 Å². The van der Waals surface area contributed by atoms with Gasteiger partial charge in [-0.25, -0.2) is 0 Å². The Hall–Kier alpha value is -9.43. The van der Waals surface area contributed by atoms with Gasteiger partial charge in [-0.15, -0.1) is 0 Å². The Morgan fingerprint density at radius 2 is 0.705 bits per heavy atom. The molecule has 0 spiro atoms. The third-order valence-corrected chi connectivity index (χ3v) is 15.7. The molecule has 0 aliphatic rings. The molecule has 0 saturated heterocycles. The van der Waals surface area contributed by atoms with Crippen molar-refractivity contribution < 1.29 is 13.2 Å². The fourth-order valence-corrected chi connectivity index (χ4v) is 12.1. The number of aromatic nitrogens is 2. The molecule has 0 amide bonds. The van der Waals surface area contributed by atoms with Gasteiger partial charge in [-0.1, -0.05) is 150 Å². The van der Waals surface area contributed by atoms with Gasteiger partial charge in [-0.05, 0) is 176 Å². The molecule has 2 heterocycles. The molecule has 0 aliphatic carbocycles. The summed E-state index contributed by atoms with van der Waals surface area (Å²) in [4.78, 5) is 0. The molecule has 378 valence electrons. The SMILES string of the molecule is Cc1ccc(-c2ccc3c4ccc(-c5ccc(C)cc5C)cc4n(-c4ccc(-c5cc(C#N)cc(C(F)(F)F)c5)c(-n5c6cc(-c7ccc(C)cc7C)ccc6c6ccc(-c7ccc(C)cc7C)cc65)c4C#N)c3c2)c(C)c1. The molecular formula is C71H53F3N4. The predicted molar refractivity (Wildman–Crippen MR) is 315 cm³/mol. The molecule has 0 bridgehead atoms. The number of hydrogen-bond donors (Lipinski definition) is 0. The van der Waals surface area contributed by atoms with E-state index in [-0.39, 0.29) is 16.7 Å². The first-order chi connectivity index (χ1) is 37.5. The highest BCUT2D eigenvalue weighted by Crippen LogP contribution is 2.46. The van der Waals surface area contributed by atoms with Crippen LogP contribution in [0.1, 0.15) is 61.2 Å². The lowest BCUT2D eigenvalue weighted by Crippen LogP contribution is -2.08. The van der Waals surface area contributed by atoms with Crippen molar-refractivity contribution in [3.8, 4) is 79.1 Å². The minimum atomic E-state index is -4.77. The highest BCUT2D eigenvalue weighted by Gasteiger charge is 2.33. The predicted octanol–water partition coefficient (Wildman–Crippen LogP) is 19.4. The Morgan fingerprint density at radius 3 is 1.04 bits per heavy atom. The maximum Gasteiger partial charge on any atom is 0.416 e. The van der Waals surface area contributed by atoms with Crippen LogP contribution in [0.4, 0.5) is 13.2 Å². The van der Waals surface area contributed by atoms with Gasteiger partial charge in [0.15, 0.2) is 0 Å². The first-order valence-electron chi connectivity index (χ1n) is 26.2. The minimum Gasteiger partial charge on any atom is -0.308 e. The first-order valence-corrected chi connectivity index (χ1v) is 26.2. The van der Waals surface area contributed by atoms with E-state index in [1.807, 2.05) is 18.2 Å². The topological polar surface area (TPSA) is 57.4 Å². The second-order valence-electron chi connectivity index (χ2n) is 21.2. The molecule has 12 rings (SSSR count). The molecule has 0 aliphatic heterocycles. The van der Waals surface area contributed by atoms with Gasteiger partial charge in [-0.2, -0.15) is 23.7 Å². The number of aryl methyl sites for hydroxylation is 8. The Labute approximate surface area is 452 Å². The van der Waals surface area contributed by atoms with Crippen molar-refractivity contribution in [1.29, 1.82) is 10.5 Å². The molecule has 12 aromatic rings. The van der Waals surface area contributed by atoms with Crippen molar-refractivity contribution >= 4 is 43.6 Å². The Balaban J connectivity index is 1.26. The highest BCUT2D eigenvalue weighted by atomic mass is 19.4. The van der Waals surface area contributed by atoms with E-state index in [0.717, 1.165) is 145 Å². The maximum absolute atomic E-state index is 15.0. The monoisotopic (exact) mass is 1020 g/mol. The lowest BCUT2D eigenvalue weighted by Gasteiger charge is -2.21. The Kier molecular flexibility index (Phi) is 11.8. The van der Waals surface area contributed by atoms with Gasteiger partial charge in [0.2, 0.25) is 0 Å². The minimum absolute atomic E-state index is 0.148. The number of fused-ring (bicyclic) bond motifs is 6. The van der Waals surface area contributed by atoms with Crippen LogP contribution < -0.4 is 0 Å². The average molecular weight is 1020 g/mol. The van der Waals surface area contributed by atoms with Crippen LogP contribution in [-0.4, -0.2) is 9.13 Å². The zero-order valence-electron chi connectivity index (χ0n) is 44.7. The lowest BCUT2D eigenvalue weighted by molar-refractivity contribution is -0.137. The number of nitriles is 2. The number of halogens is 3. The van der Waals surface area contributed by atoms with Crippen molar-refractivity contribution in [1.82, 2.24) is 9.13 Å². The summed E-state index contributed by atoms with van der Waals surface area (Å²) in [5, 5.41) is 26.3. The van der Waals surface area contributed by atoms with Crippen molar-refractivity contribution in [2.24, 2.45) is 0 Å². The van der Waals surface area contributed by atoms with Gasteiger partial charge >= 0.3 is 6.18 Å². The fraction of sp³-hybridized carbons (Fsp3) is 0.127. The summed E-state index contributed by atoms with van der Waals surface area (Å²) in [6.45, 7) is 16.7. The van der Waals surface area contributed by atoms with Crippen LogP contribution in [-0.2, 0) is 6.18 Å². The van der Waals surface area contributed by atoms with E-state index >= 15 is 13.2 Å². The van der Waals surface area contributed by atoms with Gasteiger partial charge in [0.1, 0.15) is 11.6 Å². The summed E-state index contributed by atoms with van der Waals surface area (Å²) in [5.74, 6) is 0. The van der Waals surface area contributed by atoms with Gasteiger partial charge in [0, 0.05) is 27.1 Å². The Bertz CT molecular complexity index is 4390. The van der Waals surface area contributed by atoms with Gasteiger partial charge in [-0.3, -0.25) is 0 Å².